The molecule has 5 atom stereocenters. The minimum atomic E-state index is -1.50. The molecule has 286 valence electrons. The first-order valence-corrected chi connectivity index (χ1v) is 18.3. The summed E-state index contributed by atoms with van der Waals surface area (Å²) in [5, 5.41) is 20.9. The SMILES string of the molecule is O=C(OCc1ccccc1)N1C[C@@H](CN(C(=O)N2C[C@@H](O)[C@@H](O)C2)[C@@H](c2nc(-c3cc(F)ccc3F)cn2Cc2ccccc2)C2CCOCC2)[C@@H](F)C1. The molecule has 14 heteroatoms. The largest absolute Gasteiger partial charge is 0.445 e. The molecule has 0 aliphatic carbocycles. The van der Waals surface area contributed by atoms with Gasteiger partial charge in [0.25, 0.3) is 0 Å². The number of aromatic nitrogens is 2. The lowest BCUT2D eigenvalue weighted by Gasteiger charge is -2.41. The van der Waals surface area contributed by atoms with Crippen molar-refractivity contribution in [3.05, 3.63) is 114 Å². The molecule has 0 spiro atoms. The molecule has 3 fully saturated rings. The number of aliphatic hydroxyl groups is 2. The third-order valence-corrected chi connectivity index (χ3v) is 10.6. The van der Waals surface area contributed by atoms with Crippen LogP contribution in [-0.4, -0.2) is 111 Å². The second kappa shape index (κ2) is 16.6. The van der Waals surface area contributed by atoms with E-state index < -0.39 is 54.1 Å². The number of aliphatic hydroxyl groups excluding tert-OH is 2. The standard InChI is InChI=1S/C40H44F3N5O6/c41-30-11-12-32(42)31(17-30)34-22-45(18-26-7-3-1-4-8-26)38(44-34)37(28-13-15-53-16-14-28)48(39(51)46-23-35(49)36(50)24-46)20-29-19-47(21-33(29)43)40(52)54-25-27-9-5-2-6-10-27/h1-12,17,22,28-29,33,35-37,49-50H,13-16,18-21,23-25H2/t29-,33-,35-,36+,37+/m0/s1. The van der Waals surface area contributed by atoms with Gasteiger partial charge >= 0.3 is 12.1 Å². The molecule has 0 radical (unpaired) electrons. The van der Waals surface area contributed by atoms with Gasteiger partial charge in [0.05, 0.1) is 43.6 Å². The van der Waals surface area contributed by atoms with Crippen LogP contribution in [0, 0.1) is 23.5 Å². The predicted molar refractivity (Wildman–Crippen MR) is 192 cm³/mol. The van der Waals surface area contributed by atoms with Crippen LogP contribution in [0.15, 0.2) is 85.1 Å². The molecule has 4 aromatic rings. The molecule has 1 aromatic heterocycles. The van der Waals surface area contributed by atoms with Gasteiger partial charge in [-0.15, -0.1) is 0 Å². The number of benzene rings is 3. The molecule has 11 nitrogen and oxygen atoms in total. The summed E-state index contributed by atoms with van der Waals surface area (Å²) in [5.74, 6) is -2.01. The quantitative estimate of drug-likeness (QED) is 0.223. The molecular formula is C40H44F3N5O6. The first kappa shape index (κ1) is 37.4. The van der Waals surface area contributed by atoms with Crippen molar-refractivity contribution < 1.29 is 42.4 Å². The number of hydrogen-bond donors (Lipinski definition) is 2. The van der Waals surface area contributed by atoms with Gasteiger partial charge in [0.15, 0.2) is 0 Å². The van der Waals surface area contributed by atoms with Gasteiger partial charge in [-0.05, 0) is 48.1 Å². The maximum atomic E-state index is 16.1. The van der Waals surface area contributed by atoms with Crippen molar-refractivity contribution in [1.82, 2.24) is 24.3 Å². The summed E-state index contributed by atoms with van der Waals surface area (Å²) in [6.07, 6.45) is -1.85. The zero-order valence-corrected chi connectivity index (χ0v) is 29.7. The number of urea groups is 1. The number of rotatable bonds is 10. The maximum absolute atomic E-state index is 16.1. The van der Waals surface area contributed by atoms with Gasteiger partial charge in [-0.1, -0.05) is 60.7 Å². The van der Waals surface area contributed by atoms with E-state index >= 15 is 8.78 Å². The van der Waals surface area contributed by atoms with E-state index in [2.05, 4.69) is 0 Å². The molecule has 0 saturated carbocycles. The van der Waals surface area contributed by atoms with Crippen molar-refractivity contribution in [3.8, 4) is 11.3 Å². The minimum Gasteiger partial charge on any atom is -0.445 e. The second-order valence-corrected chi connectivity index (χ2v) is 14.3. The van der Waals surface area contributed by atoms with E-state index in [1.165, 1.54) is 14.7 Å². The van der Waals surface area contributed by atoms with E-state index in [9.17, 15) is 24.2 Å². The van der Waals surface area contributed by atoms with Gasteiger partial charge in [0, 0.05) is 50.5 Å². The summed E-state index contributed by atoms with van der Waals surface area (Å²) in [7, 11) is 0. The Labute approximate surface area is 311 Å². The molecule has 3 saturated heterocycles. The van der Waals surface area contributed by atoms with E-state index in [4.69, 9.17) is 14.5 Å². The molecule has 7 rings (SSSR count). The fourth-order valence-electron chi connectivity index (χ4n) is 7.67. The van der Waals surface area contributed by atoms with Gasteiger partial charge in [-0.3, -0.25) is 0 Å². The molecule has 54 heavy (non-hydrogen) atoms. The van der Waals surface area contributed by atoms with E-state index in [-0.39, 0.29) is 63.1 Å². The normalized spacial score (nSPS) is 22.4. The van der Waals surface area contributed by atoms with Crippen molar-refractivity contribution in [2.24, 2.45) is 11.8 Å². The Morgan fingerprint density at radius 2 is 1.56 bits per heavy atom. The Balaban J connectivity index is 1.27. The number of hydrogen-bond acceptors (Lipinski definition) is 7. The number of amides is 3. The average molecular weight is 748 g/mol. The van der Waals surface area contributed by atoms with Crippen molar-refractivity contribution in [1.29, 1.82) is 0 Å². The zero-order chi connectivity index (χ0) is 37.8. The van der Waals surface area contributed by atoms with Crippen molar-refractivity contribution in [2.75, 3.05) is 45.9 Å². The number of halogens is 3. The molecule has 2 N–H and O–H groups in total. The number of nitrogens with zero attached hydrogens (tertiary/aromatic N) is 5. The summed E-state index contributed by atoms with van der Waals surface area (Å²) >= 11 is 0. The first-order valence-electron chi connectivity index (χ1n) is 18.3. The van der Waals surface area contributed by atoms with E-state index in [1.807, 2.05) is 65.2 Å². The van der Waals surface area contributed by atoms with E-state index in [1.54, 1.807) is 6.20 Å². The highest BCUT2D eigenvalue weighted by atomic mass is 19.1. The average Bonchev–Trinajstić information content (AvgIpc) is 3.88. The Bertz CT molecular complexity index is 1890. The summed E-state index contributed by atoms with van der Waals surface area (Å²) in [4.78, 5) is 37.0. The molecule has 3 aliphatic rings. The lowest BCUT2D eigenvalue weighted by molar-refractivity contribution is 0.0205. The summed E-state index contributed by atoms with van der Waals surface area (Å²) < 4.78 is 58.9. The molecule has 3 amide bonds. The highest BCUT2D eigenvalue weighted by Crippen LogP contribution is 2.39. The van der Waals surface area contributed by atoms with Gasteiger partial charge < -0.3 is 39.0 Å². The van der Waals surface area contributed by atoms with Crippen molar-refractivity contribution >= 4 is 12.1 Å². The lowest BCUT2D eigenvalue weighted by Crippen LogP contribution is -2.50. The fraction of sp³-hybridized carbons (Fsp3) is 0.425. The fourth-order valence-corrected chi connectivity index (χ4v) is 7.67. The van der Waals surface area contributed by atoms with Crippen LogP contribution in [0.25, 0.3) is 11.3 Å². The lowest BCUT2D eigenvalue weighted by atomic mass is 9.89. The number of carbonyl (C=O) groups excluding carboxylic acids is 2. The monoisotopic (exact) mass is 747 g/mol. The molecule has 3 aromatic carbocycles. The third-order valence-electron chi connectivity index (χ3n) is 10.6. The number of alkyl halides is 1. The van der Waals surface area contributed by atoms with E-state index in [0.29, 0.717) is 31.9 Å². The third kappa shape index (κ3) is 8.40. The van der Waals surface area contributed by atoms with Crippen LogP contribution in [0.4, 0.5) is 22.8 Å². The van der Waals surface area contributed by atoms with Crippen LogP contribution in [0.3, 0.4) is 0 Å². The Morgan fingerprint density at radius 1 is 0.889 bits per heavy atom. The summed E-state index contributed by atoms with van der Waals surface area (Å²) in [6.45, 7) is 0.405. The highest BCUT2D eigenvalue weighted by Gasteiger charge is 2.45. The first-order chi connectivity index (χ1) is 26.1. The smallest absolute Gasteiger partial charge is 0.410 e. The number of carbonyl (C=O) groups is 2. The van der Waals surface area contributed by atoms with Crippen LogP contribution < -0.4 is 0 Å². The Hall–Kier alpha value is -4.92. The van der Waals surface area contributed by atoms with Gasteiger partial charge in [0.1, 0.15) is 30.2 Å². The van der Waals surface area contributed by atoms with Crippen LogP contribution in [0.1, 0.15) is 35.8 Å². The Kier molecular flexibility index (Phi) is 11.5. The molecular weight excluding hydrogens is 703 g/mol. The number of imidazole rings is 1. The van der Waals surface area contributed by atoms with Gasteiger partial charge in [0.2, 0.25) is 0 Å². The van der Waals surface area contributed by atoms with Gasteiger partial charge in [-0.2, -0.15) is 0 Å². The predicted octanol–water partition coefficient (Wildman–Crippen LogP) is 5.41. The topological polar surface area (TPSA) is 121 Å². The van der Waals surface area contributed by atoms with Crippen LogP contribution in [-0.2, 0) is 22.6 Å². The van der Waals surface area contributed by atoms with Gasteiger partial charge in [-0.25, -0.2) is 27.7 Å². The number of β-amino-alcohol motifs (C(OH)–C–C–N with tert-alkyl or cyclic N) is 2. The number of likely N-dealkylation sites (tertiary alicyclic amines) is 2. The highest BCUT2D eigenvalue weighted by molar-refractivity contribution is 5.76. The van der Waals surface area contributed by atoms with Crippen LogP contribution >= 0.6 is 0 Å². The van der Waals surface area contributed by atoms with Crippen LogP contribution in [0.2, 0.25) is 0 Å². The second-order valence-electron chi connectivity index (χ2n) is 14.3. The Morgan fingerprint density at radius 3 is 2.24 bits per heavy atom. The van der Waals surface area contributed by atoms with Crippen LogP contribution in [0.5, 0.6) is 0 Å². The molecule has 3 aliphatic heterocycles. The molecule has 4 heterocycles. The van der Waals surface area contributed by atoms with Crippen molar-refractivity contribution in [3.63, 3.8) is 0 Å². The molecule has 0 unspecified atom stereocenters. The van der Waals surface area contributed by atoms with Crippen molar-refractivity contribution in [2.45, 2.75) is 50.4 Å². The minimum absolute atomic E-state index is 0.0200. The summed E-state index contributed by atoms with van der Waals surface area (Å²) in [6, 6.07) is 20.4. The van der Waals surface area contributed by atoms with E-state index in [0.717, 1.165) is 29.3 Å². The number of ether oxygens (including phenoxy) is 2. The maximum Gasteiger partial charge on any atom is 0.410 e. The molecule has 0 bridgehead atoms. The zero-order valence-electron chi connectivity index (χ0n) is 29.7. The summed E-state index contributed by atoms with van der Waals surface area (Å²) in [5.41, 5.74) is 1.78.